The quantitative estimate of drug-likeness (QED) is 0.632. The van der Waals surface area contributed by atoms with Crippen molar-refractivity contribution in [3.63, 3.8) is 0 Å². The van der Waals surface area contributed by atoms with Crippen LogP contribution in [-0.4, -0.2) is 49.9 Å². The maximum absolute atomic E-state index is 11.8. The molecule has 1 atom stereocenters. The summed E-state index contributed by atoms with van der Waals surface area (Å²) in [5.74, 6) is -0.178. The van der Waals surface area contributed by atoms with E-state index in [1.807, 2.05) is 6.92 Å². The lowest BCUT2D eigenvalue weighted by Crippen LogP contribution is -2.47. The number of hydrogen-bond acceptors (Lipinski definition) is 3. The van der Waals surface area contributed by atoms with Crippen LogP contribution in [0.2, 0.25) is 0 Å². The molecule has 88 valence electrons. The summed E-state index contributed by atoms with van der Waals surface area (Å²) in [6, 6.07) is -0.249. The van der Waals surface area contributed by atoms with E-state index in [0.717, 1.165) is 6.42 Å². The van der Waals surface area contributed by atoms with Crippen molar-refractivity contribution in [1.82, 2.24) is 15.5 Å². The van der Waals surface area contributed by atoms with Crippen molar-refractivity contribution in [2.45, 2.75) is 26.3 Å². The Bertz CT molecular complexity index is 219. The predicted octanol–water partition coefficient (Wildman–Crippen LogP) is -0.421. The Kier molecular flexibility index (Phi) is 6.70. The summed E-state index contributed by atoms with van der Waals surface area (Å²) in [5, 5.41) is 5.38. The summed E-state index contributed by atoms with van der Waals surface area (Å²) >= 11 is 0. The first-order valence-corrected chi connectivity index (χ1v) is 5.23. The molecular formula is C10H21N3O2. The molecule has 0 aliphatic carbocycles. The molecular weight excluding hydrogens is 194 g/mol. The standard InChI is InChI=1S/C10H21N3O2/c1-5-6-13(7-9(14)12-4)10(15)8(2)11-3/h8,11H,5-7H2,1-4H3,(H,12,14). The maximum atomic E-state index is 11.8. The van der Waals surface area contributed by atoms with Gasteiger partial charge in [0.25, 0.3) is 0 Å². The Morgan fingerprint density at radius 2 is 1.93 bits per heavy atom. The molecule has 0 fully saturated rings. The lowest BCUT2D eigenvalue weighted by atomic mass is 10.2. The van der Waals surface area contributed by atoms with Crippen LogP contribution in [0.5, 0.6) is 0 Å². The molecule has 0 aromatic rings. The third-order valence-electron chi connectivity index (χ3n) is 2.22. The molecule has 2 amide bonds. The number of likely N-dealkylation sites (N-methyl/N-ethyl adjacent to an activating group) is 2. The van der Waals surface area contributed by atoms with Gasteiger partial charge in [0.05, 0.1) is 12.6 Å². The molecule has 0 aliphatic heterocycles. The third kappa shape index (κ3) is 4.78. The van der Waals surface area contributed by atoms with Crippen molar-refractivity contribution in [3.05, 3.63) is 0 Å². The van der Waals surface area contributed by atoms with Gasteiger partial charge in [-0.2, -0.15) is 0 Å². The molecule has 0 aliphatic rings. The lowest BCUT2D eigenvalue weighted by molar-refractivity contribution is -0.137. The van der Waals surface area contributed by atoms with Crippen molar-refractivity contribution >= 4 is 11.8 Å². The smallest absolute Gasteiger partial charge is 0.239 e. The van der Waals surface area contributed by atoms with E-state index in [2.05, 4.69) is 10.6 Å². The SMILES string of the molecule is CCCN(CC(=O)NC)C(=O)C(C)NC. The van der Waals surface area contributed by atoms with Crippen LogP contribution in [0.15, 0.2) is 0 Å². The topological polar surface area (TPSA) is 61.4 Å². The Balaban J connectivity index is 4.37. The van der Waals surface area contributed by atoms with E-state index in [1.54, 1.807) is 25.9 Å². The first-order chi connectivity index (χ1) is 7.06. The second-order valence-electron chi connectivity index (χ2n) is 3.44. The Morgan fingerprint density at radius 1 is 1.33 bits per heavy atom. The molecule has 0 saturated heterocycles. The number of rotatable bonds is 6. The number of hydrogen-bond donors (Lipinski definition) is 2. The predicted molar refractivity (Wildman–Crippen MR) is 59.5 cm³/mol. The average Bonchev–Trinajstić information content (AvgIpc) is 2.26. The van der Waals surface area contributed by atoms with Crippen molar-refractivity contribution in [2.75, 3.05) is 27.2 Å². The first kappa shape index (κ1) is 13.9. The normalized spacial score (nSPS) is 12.0. The summed E-state index contributed by atoms with van der Waals surface area (Å²) in [7, 11) is 3.30. The second kappa shape index (κ2) is 7.23. The zero-order valence-electron chi connectivity index (χ0n) is 9.96. The Morgan fingerprint density at radius 3 is 2.33 bits per heavy atom. The molecule has 0 rings (SSSR count). The van der Waals surface area contributed by atoms with E-state index < -0.39 is 0 Å². The number of nitrogens with zero attached hydrogens (tertiary/aromatic N) is 1. The molecule has 1 unspecified atom stereocenters. The summed E-state index contributed by atoms with van der Waals surface area (Å²) in [5.41, 5.74) is 0. The zero-order valence-corrected chi connectivity index (χ0v) is 9.96. The molecule has 5 heteroatoms. The van der Waals surface area contributed by atoms with Gasteiger partial charge < -0.3 is 15.5 Å². The average molecular weight is 215 g/mol. The Labute approximate surface area is 91.2 Å². The fraction of sp³-hybridized carbons (Fsp3) is 0.800. The van der Waals surface area contributed by atoms with Crippen LogP contribution in [0.4, 0.5) is 0 Å². The van der Waals surface area contributed by atoms with E-state index in [1.165, 1.54) is 0 Å². The van der Waals surface area contributed by atoms with Gasteiger partial charge in [-0.3, -0.25) is 9.59 Å². The van der Waals surface area contributed by atoms with Gasteiger partial charge in [0.15, 0.2) is 0 Å². The van der Waals surface area contributed by atoms with Gasteiger partial charge in [0, 0.05) is 13.6 Å². The van der Waals surface area contributed by atoms with Crippen molar-refractivity contribution in [1.29, 1.82) is 0 Å². The molecule has 0 aromatic carbocycles. The van der Waals surface area contributed by atoms with Gasteiger partial charge in [0.1, 0.15) is 0 Å². The first-order valence-electron chi connectivity index (χ1n) is 5.23. The third-order valence-corrected chi connectivity index (χ3v) is 2.22. The molecule has 5 nitrogen and oxygen atoms in total. The monoisotopic (exact) mass is 215 g/mol. The van der Waals surface area contributed by atoms with Gasteiger partial charge in [0.2, 0.25) is 11.8 Å². The zero-order chi connectivity index (χ0) is 11.8. The van der Waals surface area contributed by atoms with Crippen LogP contribution in [0.1, 0.15) is 20.3 Å². The minimum absolute atomic E-state index is 0.0389. The number of carbonyl (C=O) groups is 2. The minimum Gasteiger partial charge on any atom is -0.358 e. The Hall–Kier alpha value is -1.10. The summed E-state index contributed by atoms with van der Waals surface area (Å²) < 4.78 is 0. The van der Waals surface area contributed by atoms with Crippen molar-refractivity contribution in [2.24, 2.45) is 0 Å². The van der Waals surface area contributed by atoms with Gasteiger partial charge >= 0.3 is 0 Å². The van der Waals surface area contributed by atoms with Crippen LogP contribution in [-0.2, 0) is 9.59 Å². The van der Waals surface area contributed by atoms with Crippen molar-refractivity contribution in [3.8, 4) is 0 Å². The van der Waals surface area contributed by atoms with Gasteiger partial charge in [-0.1, -0.05) is 6.92 Å². The van der Waals surface area contributed by atoms with Crippen LogP contribution < -0.4 is 10.6 Å². The number of nitrogens with one attached hydrogen (secondary N) is 2. The second-order valence-corrected chi connectivity index (χ2v) is 3.44. The number of carbonyl (C=O) groups excluding carboxylic acids is 2. The fourth-order valence-electron chi connectivity index (χ4n) is 1.19. The van der Waals surface area contributed by atoms with Crippen LogP contribution >= 0.6 is 0 Å². The summed E-state index contributed by atoms with van der Waals surface area (Å²) in [4.78, 5) is 24.6. The number of amides is 2. The molecule has 0 heterocycles. The largest absolute Gasteiger partial charge is 0.358 e. The highest BCUT2D eigenvalue weighted by atomic mass is 16.2. The summed E-state index contributed by atoms with van der Waals surface area (Å²) in [6.07, 6.45) is 0.846. The van der Waals surface area contributed by atoms with E-state index in [9.17, 15) is 9.59 Å². The molecule has 15 heavy (non-hydrogen) atoms. The summed E-state index contributed by atoms with van der Waals surface area (Å²) in [6.45, 7) is 4.51. The highest BCUT2D eigenvalue weighted by Gasteiger charge is 2.20. The molecule has 0 bridgehead atoms. The van der Waals surface area contributed by atoms with Crippen LogP contribution in [0, 0.1) is 0 Å². The molecule has 0 spiro atoms. The minimum atomic E-state index is -0.249. The molecule has 0 aromatic heterocycles. The van der Waals surface area contributed by atoms with Crippen LogP contribution in [0.25, 0.3) is 0 Å². The highest BCUT2D eigenvalue weighted by molar-refractivity contribution is 5.87. The van der Waals surface area contributed by atoms with Gasteiger partial charge in [-0.25, -0.2) is 0 Å². The van der Waals surface area contributed by atoms with E-state index in [4.69, 9.17) is 0 Å². The molecule has 0 radical (unpaired) electrons. The lowest BCUT2D eigenvalue weighted by Gasteiger charge is -2.24. The van der Waals surface area contributed by atoms with E-state index in [-0.39, 0.29) is 24.4 Å². The van der Waals surface area contributed by atoms with E-state index in [0.29, 0.717) is 6.54 Å². The van der Waals surface area contributed by atoms with Crippen molar-refractivity contribution < 1.29 is 9.59 Å². The van der Waals surface area contributed by atoms with Crippen LogP contribution in [0.3, 0.4) is 0 Å². The van der Waals surface area contributed by atoms with E-state index >= 15 is 0 Å². The highest BCUT2D eigenvalue weighted by Crippen LogP contribution is 1.96. The van der Waals surface area contributed by atoms with Gasteiger partial charge in [-0.15, -0.1) is 0 Å². The molecule has 2 N–H and O–H groups in total. The van der Waals surface area contributed by atoms with Gasteiger partial charge in [-0.05, 0) is 20.4 Å². The molecule has 0 saturated carbocycles. The maximum Gasteiger partial charge on any atom is 0.239 e. The fourth-order valence-corrected chi connectivity index (χ4v) is 1.19.